The number of piperidine rings is 1. The first-order valence-electron chi connectivity index (χ1n) is 10.5. The van der Waals surface area contributed by atoms with Gasteiger partial charge in [-0.25, -0.2) is 8.78 Å². The maximum atomic E-state index is 14.2. The van der Waals surface area contributed by atoms with Crippen LogP contribution in [0.1, 0.15) is 33.8 Å². The lowest BCUT2D eigenvalue weighted by Gasteiger charge is -2.39. The number of pyridine rings is 1. The number of hydrogen-bond donors (Lipinski definition) is 0. The van der Waals surface area contributed by atoms with Crippen LogP contribution in [0.2, 0.25) is 0 Å². The van der Waals surface area contributed by atoms with Gasteiger partial charge in [0.1, 0.15) is 0 Å². The van der Waals surface area contributed by atoms with Gasteiger partial charge in [-0.3, -0.25) is 14.7 Å². The molecular formula is C24H23F2N3OS. The molecule has 2 aromatic heterocycles. The second-order valence-corrected chi connectivity index (χ2v) is 9.10. The number of amides is 1. The zero-order chi connectivity index (χ0) is 21.4. The van der Waals surface area contributed by atoms with E-state index < -0.39 is 11.6 Å². The van der Waals surface area contributed by atoms with Gasteiger partial charge in [-0.15, -0.1) is 0 Å². The molecule has 0 radical (unpaired) electrons. The van der Waals surface area contributed by atoms with Crippen LogP contribution < -0.4 is 0 Å². The molecule has 3 atom stereocenters. The minimum Gasteiger partial charge on any atom is -0.335 e. The number of nitrogens with zero attached hydrogens (tertiary/aromatic N) is 3. The Labute approximate surface area is 184 Å². The maximum Gasteiger partial charge on any atom is 0.254 e. The van der Waals surface area contributed by atoms with Crippen molar-refractivity contribution in [2.24, 2.45) is 5.92 Å². The third-order valence-corrected chi connectivity index (χ3v) is 7.30. The smallest absolute Gasteiger partial charge is 0.254 e. The van der Waals surface area contributed by atoms with E-state index in [4.69, 9.17) is 0 Å². The minimum absolute atomic E-state index is 0.0414. The van der Waals surface area contributed by atoms with Crippen LogP contribution in [0.25, 0.3) is 0 Å². The molecule has 31 heavy (non-hydrogen) atoms. The molecule has 0 bridgehead atoms. The van der Waals surface area contributed by atoms with Gasteiger partial charge in [-0.1, -0.05) is 12.1 Å². The Bertz CT molecular complexity index is 1060. The fraction of sp³-hybridized carbons (Fsp3) is 0.333. The summed E-state index contributed by atoms with van der Waals surface area (Å²) in [6.45, 7) is 2.55. The molecule has 2 saturated heterocycles. The molecule has 0 saturated carbocycles. The molecule has 5 rings (SSSR count). The molecule has 0 N–H and O–H groups in total. The van der Waals surface area contributed by atoms with Crippen LogP contribution >= 0.6 is 11.3 Å². The van der Waals surface area contributed by atoms with Gasteiger partial charge in [0.2, 0.25) is 0 Å². The van der Waals surface area contributed by atoms with E-state index in [0.29, 0.717) is 24.2 Å². The summed E-state index contributed by atoms with van der Waals surface area (Å²) < 4.78 is 27.9. The molecule has 7 heteroatoms. The summed E-state index contributed by atoms with van der Waals surface area (Å²) in [6.07, 6.45) is 4.11. The fourth-order valence-corrected chi connectivity index (χ4v) is 5.82. The maximum absolute atomic E-state index is 14.2. The first-order chi connectivity index (χ1) is 15.1. The van der Waals surface area contributed by atoms with Gasteiger partial charge in [-0.05, 0) is 47.0 Å². The topological polar surface area (TPSA) is 36.4 Å². The number of likely N-dealkylation sites (tertiary alicyclic amines) is 2. The molecule has 160 valence electrons. The summed E-state index contributed by atoms with van der Waals surface area (Å²) in [5, 5.41) is 4.23. The number of thiophene rings is 1. The van der Waals surface area contributed by atoms with Gasteiger partial charge in [0, 0.05) is 67.6 Å². The summed E-state index contributed by atoms with van der Waals surface area (Å²) in [7, 11) is 0. The molecule has 3 aromatic rings. The summed E-state index contributed by atoms with van der Waals surface area (Å²) in [6, 6.07) is 10.1. The van der Waals surface area contributed by atoms with E-state index in [9.17, 15) is 13.6 Å². The van der Waals surface area contributed by atoms with Crippen molar-refractivity contribution in [1.29, 1.82) is 0 Å². The number of fused-ring (bicyclic) bond motifs is 1. The average molecular weight is 440 g/mol. The van der Waals surface area contributed by atoms with Gasteiger partial charge < -0.3 is 4.90 Å². The van der Waals surface area contributed by atoms with Crippen molar-refractivity contribution in [3.8, 4) is 0 Å². The number of rotatable bonds is 4. The summed E-state index contributed by atoms with van der Waals surface area (Å²) in [4.78, 5) is 21.5. The molecule has 1 amide bonds. The Morgan fingerprint density at radius 2 is 1.97 bits per heavy atom. The van der Waals surface area contributed by atoms with Gasteiger partial charge in [0.05, 0.1) is 0 Å². The van der Waals surface area contributed by atoms with E-state index in [2.05, 4.69) is 26.7 Å². The lowest BCUT2D eigenvalue weighted by atomic mass is 9.82. The minimum atomic E-state index is -0.807. The van der Waals surface area contributed by atoms with Crippen LogP contribution in [0.15, 0.2) is 59.6 Å². The van der Waals surface area contributed by atoms with Gasteiger partial charge >= 0.3 is 0 Å². The van der Waals surface area contributed by atoms with Crippen molar-refractivity contribution in [2.75, 3.05) is 19.6 Å². The van der Waals surface area contributed by atoms with Crippen molar-refractivity contribution in [3.05, 3.63) is 87.9 Å². The number of halogens is 2. The Kier molecular flexibility index (Phi) is 5.54. The molecule has 1 aromatic carbocycles. The number of aromatic nitrogens is 1. The Morgan fingerprint density at radius 3 is 2.74 bits per heavy atom. The van der Waals surface area contributed by atoms with Crippen LogP contribution in [0.5, 0.6) is 0 Å². The van der Waals surface area contributed by atoms with E-state index in [1.54, 1.807) is 48.0 Å². The zero-order valence-electron chi connectivity index (χ0n) is 17.0. The highest BCUT2D eigenvalue weighted by Crippen LogP contribution is 2.43. The molecule has 0 spiro atoms. The van der Waals surface area contributed by atoms with Crippen molar-refractivity contribution in [1.82, 2.24) is 14.8 Å². The SMILES string of the molecule is O=C(c1ccncc1)N1C[C@@H](c2ccsc2)[C@@H]2CN(Cc3cccc(F)c3F)CC[C@@H]21. The number of carbonyl (C=O) groups is 1. The van der Waals surface area contributed by atoms with Gasteiger partial charge in [-0.2, -0.15) is 11.3 Å². The third-order valence-electron chi connectivity index (χ3n) is 6.60. The molecule has 2 aliphatic heterocycles. The molecule has 2 aliphatic rings. The van der Waals surface area contributed by atoms with Gasteiger partial charge in [0.15, 0.2) is 11.6 Å². The van der Waals surface area contributed by atoms with Crippen molar-refractivity contribution in [2.45, 2.75) is 24.9 Å². The van der Waals surface area contributed by atoms with E-state index in [-0.39, 0.29) is 23.8 Å². The Morgan fingerprint density at radius 1 is 1.13 bits per heavy atom. The Balaban J connectivity index is 1.39. The molecule has 4 nitrogen and oxygen atoms in total. The zero-order valence-corrected chi connectivity index (χ0v) is 17.8. The summed E-state index contributed by atoms with van der Waals surface area (Å²) >= 11 is 1.66. The molecular weight excluding hydrogens is 416 g/mol. The van der Waals surface area contributed by atoms with Gasteiger partial charge in [0.25, 0.3) is 5.91 Å². The number of carbonyl (C=O) groups excluding carboxylic acids is 1. The van der Waals surface area contributed by atoms with E-state index in [1.165, 1.54) is 5.56 Å². The number of benzene rings is 1. The predicted octanol–water partition coefficient (Wildman–Crippen LogP) is 4.55. The van der Waals surface area contributed by atoms with E-state index in [0.717, 1.165) is 25.6 Å². The first-order valence-corrected chi connectivity index (χ1v) is 11.4. The van der Waals surface area contributed by atoms with Crippen molar-refractivity contribution in [3.63, 3.8) is 0 Å². The highest BCUT2D eigenvalue weighted by atomic mass is 32.1. The standard InChI is InChI=1S/C24H23F2N3OS/c25-21-3-1-2-17(23(21)26)12-28-10-6-22-20(13-28)19(18-7-11-31-15-18)14-29(22)24(30)16-4-8-27-9-5-16/h1-5,7-9,11,15,19-20,22H,6,10,12-14H2/t19-,20-,22-/m0/s1. The average Bonchev–Trinajstić information content (AvgIpc) is 3.45. The highest BCUT2D eigenvalue weighted by molar-refractivity contribution is 7.08. The van der Waals surface area contributed by atoms with E-state index >= 15 is 0 Å². The van der Waals surface area contributed by atoms with Crippen molar-refractivity contribution >= 4 is 17.2 Å². The third kappa shape index (κ3) is 3.88. The predicted molar refractivity (Wildman–Crippen MR) is 116 cm³/mol. The Hall–Kier alpha value is -2.64. The first kappa shape index (κ1) is 20.3. The highest BCUT2D eigenvalue weighted by Gasteiger charge is 2.47. The lowest BCUT2D eigenvalue weighted by Crippen LogP contribution is -2.47. The normalized spacial score (nSPS) is 23.7. The van der Waals surface area contributed by atoms with Crippen LogP contribution in [0, 0.1) is 17.6 Å². The molecule has 0 unspecified atom stereocenters. The van der Waals surface area contributed by atoms with Crippen LogP contribution in [-0.2, 0) is 6.54 Å². The summed E-state index contributed by atoms with van der Waals surface area (Å²) in [5.41, 5.74) is 2.29. The number of hydrogen-bond acceptors (Lipinski definition) is 4. The fourth-order valence-electron chi connectivity index (χ4n) is 5.09. The second kappa shape index (κ2) is 8.48. The molecule has 0 aliphatic carbocycles. The van der Waals surface area contributed by atoms with Crippen LogP contribution in [0.3, 0.4) is 0 Å². The molecule has 4 heterocycles. The monoisotopic (exact) mass is 439 g/mol. The lowest BCUT2D eigenvalue weighted by molar-refractivity contribution is 0.0612. The van der Waals surface area contributed by atoms with E-state index in [1.807, 2.05) is 4.90 Å². The molecule has 2 fully saturated rings. The van der Waals surface area contributed by atoms with Crippen LogP contribution in [-0.4, -0.2) is 46.4 Å². The van der Waals surface area contributed by atoms with Crippen molar-refractivity contribution < 1.29 is 13.6 Å². The van der Waals surface area contributed by atoms with Crippen LogP contribution in [0.4, 0.5) is 8.78 Å². The second-order valence-electron chi connectivity index (χ2n) is 8.32. The quantitative estimate of drug-likeness (QED) is 0.598. The largest absolute Gasteiger partial charge is 0.335 e. The summed E-state index contributed by atoms with van der Waals surface area (Å²) in [5.74, 6) is -1.04.